The van der Waals surface area contributed by atoms with Crippen molar-refractivity contribution in [2.24, 2.45) is 0 Å². The maximum absolute atomic E-state index is 13.5. The topological polar surface area (TPSA) is 61.4 Å². The third-order valence-electron chi connectivity index (χ3n) is 4.94. The molecule has 1 saturated heterocycles. The Bertz CT molecular complexity index is 1060. The van der Waals surface area contributed by atoms with Crippen LogP contribution in [0.1, 0.15) is 34.5 Å². The van der Waals surface area contributed by atoms with Crippen LogP contribution in [0.4, 0.5) is 26.3 Å². The van der Waals surface area contributed by atoms with Gasteiger partial charge >= 0.3 is 12.4 Å². The number of hydrogen-bond acceptors (Lipinski definition) is 4. The highest BCUT2D eigenvalue weighted by molar-refractivity contribution is 8.00. The summed E-state index contributed by atoms with van der Waals surface area (Å²) in [5.41, 5.74) is -1.23. The second-order valence-electron chi connectivity index (χ2n) is 7.52. The summed E-state index contributed by atoms with van der Waals surface area (Å²) in [4.78, 5) is 12.1. The monoisotopic (exact) mass is 524 g/mol. The molecule has 4 nitrogen and oxygen atoms in total. The van der Waals surface area contributed by atoms with Crippen LogP contribution in [0.15, 0.2) is 48.5 Å². The Hall–Kier alpha value is -2.21. The van der Waals surface area contributed by atoms with E-state index in [1.54, 1.807) is 17.1 Å². The molecule has 184 valence electrons. The van der Waals surface area contributed by atoms with Gasteiger partial charge in [-0.1, -0.05) is 35.9 Å². The minimum absolute atomic E-state index is 0.165. The fraction of sp³-hybridized carbons (Fsp3) is 0.318. The van der Waals surface area contributed by atoms with Gasteiger partial charge in [0, 0.05) is 34.2 Å². The van der Waals surface area contributed by atoms with E-state index >= 15 is 0 Å². The van der Waals surface area contributed by atoms with Gasteiger partial charge in [-0.25, -0.2) is 0 Å². The number of alkyl halides is 6. The number of aliphatic hydroxyl groups is 1. The summed E-state index contributed by atoms with van der Waals surface area (Å²) in [6.45, 7) is 0. The summed E-state index contributed by atoms with van der Waals surface area (Å²) in [6, 6.07) is 4.68. The SMILES string of the molecule is O=C(C=Cc1ccc(C(O)NC2CSC2)c(Cl)c1)NC(c1cccc(C(F)(F)F)c1)C(F)(F)F. The normalized spacial score (nSPS) is 16.8. The molecule has 2 aromatic rings. The van der Waals surface area contributed by atoms with E-state index in [0.717, 1.165) is 29.7 Å². The lowest BCUT2D eigenvalue weighted by molar-refractivity contribution is -0.162. The molecule has 2 atom stereocenters. The van der Waals surface area contributed by atoms with Crippen molar-refractivity contribution in [3.05, 3.63) is 75.8 Å². The van der Waals surface area contributed by atoms with E-state index in [0.29, 0.717) is 23.3 Å². The highest BCUT2D eigenvalue weighted by atomic mass is 35.5. The van der Waals surface area contributed by atoms with Crippen molar-refractivity contribution in [3.8, 4) is 0 Å². The van der Waals surface area contributed by atoms with Gasteiger partial charge in [0.05, 0.1) is 5.56 Å². The summed E-state index contributed by atoms with van der Waals surface area (Å²) in [5, 5.41) is 15.1. The van der Waals surface area contributed by atoms with Crippen molar-refractivity contribution in [1.29, 1.82) is 0 Å². The molecule has 0 spiro atoms. The van der Waals surface area contributed by atoms with E-state index in [2.05, 4.69) is 5.32 Å². The lowest BCUT2D eigenvalue weighted by Crippen LogP contribution is -2.42. The van der Waals surface area contributed by atoms with Crippen LogP contribution >= 0.6 is 23.4 Å². The van der Waals surface area contributed by atoms with Crippen molar-refractivity contribution >= 4 is 35.3 Å². The average molecular weight is 525 g/mol. The molecule has 1 heterocycles. The molecule has 0 aromatic heterocycles. The first-order valence-electron chi connectivity index (χ1n) is 9.88. The Morgan fingerprint density at radius 1 is 1.12 bits per heavy atom. The first kappa shape index (κ1) is 26.4. The van der Waals surface area contributed by atoms with Crippen molar-refractivity contribution in [1.82, 2.24) is 10.6 Å². The molecular weight excluding hydrogens is 506 g/mol. The Labute approximate surface area is 200 Å². The molecule has 1 aliphatic heterocycles. The van der Waals surface area contributed by atoms with Crippen LogP contribution in [0, 0.1) is 0 Å². The summed E-state index contributed by atoms with van der Waals surface area (Å²) in [6.07, 6.45) is -8.84. The van der Waals surface area contributed by atoms with Crippen LogP contribution in [0.2, 0.25) is 5.02 Å². The number of thioether (sulfide) groups is 1. The van der Waals surface area contributed by atoms with E-state index < -0.39 is 41.7 Å². The largest absolute Gasteiger partial charge is 0.416 e. The van der Waals surface area contributed by atoms with Gasteiger partial charge in [0.1, 0.15) is 6.23 Å². The first-order chi connectivity index (χ1) is 15.8. The number of aliphatic hydroxyl groups excluding tert-OH is 1. The number of nitrogens with one attached hydrogen (secondary N) is 2. The molecule has 3 N–H and O–H groups in total. The van der Waals surface area contributed by atoms with Gasteiger partial charge in [0.25, 0.3) is 0 Å². The number of carbonyl (C=O) groups is 1. The van der Waals surface area contributed by atoms with Crippen LogP contribution in [0.5, 0.6) is 0 Å². The van der Waals surface area contributed by atoms with Crippen molar-refractivity contribution in [3.63, 3.8) is 0 Å². The van der Waals surface area contributed by atoms with E-state index in [4.69, 9.17) is 11.6 Å². The molecular formula is C22H19ClF6N2O2S. The molecule has 0 saturated carbocycles. The molecule has 2 unspecified atom stereocenters. The highest BCUT2D eigenvalue weighted by Gasteiger charge is 2.42. The van der Waals surface area contributed by atoms with Gasteiger partial charge in [0.15, 0.2) is 6.04 Å². The second kappa shape index (κ2) is 10.6. The fourth-order valence-electron chi connectivity index (χ4n) is 3.12. The van der Waals surface area contributed by atoms with E-state index in [1.807, 2.05) is 0 Å². The summed E-state index contributed by atoms with van der Waals surface area (Å²) in [5.74, 6) is 0.567. The van der Waals surface area contributed by atoms with Gasteiger partial charge in [-0.2, -0.15) is 38.1 Å². The Morgan fingerprint density at radius 3 is 2.38 bits per heavy atom. The predicted octanol–water partition coefficient (Wildman–Crippen LogP) is 5.49. The predicted molar refractivity (Wildman–Crippen MR) is 118 cm³/mol. The van der Waals surface area contributed by atoms with Gasteiger partial charge in [-0.05, 0) is 35.4 Å². The zero-order chi connectivity index (χ0) is 25.1. The summed E-state index contributed by atoms with van der Waals surface area (Å²) in [7, 11) is 0. The van der Waals surface area contributed by atoms with E-state index in [1.165, 1.54) is 24.3 Å². The van der Waals surface area contributed by atoms with Crippen LogP contribution in [-0.4, -0.2) is 34.7 Å². The number of carbonyl (C=O) groups excluding carboxylic acids is 1. The van der Waals surface area contributed by atoms with Crippen LogP contribution in [-0.2, 0) is 11.0 Å². The van der Waals surface area contributed by atoms with Crippen LogP contribution in [0.25, 0.3) is 6.08 Å². The minimum atomic E-state index is -5.03. The number of benzene rings is 2. The maximum Gasteiger partial charge on any atom is 0.416 e. The van der Waals surface area contributed by atoms with Crippen LogP contribution in [0.3, 0.4) is 0 Å². The minimum Gasteiger partial charge on any atom is -0.374 e. The van der Waals surface area contributed by atoms with Gasteiger partial charge in [-0.15, -0.1) is 0 Å². The van der Waals surface area contributed by atoms with Crippen LogP contribution < -0.4 is 10.6 Å². The molecule has 0 radical (unpaired) electrons. The Balaban J connectivity index is 1.71. The quantitative estimate of drug-likeness (QED) is 0.255. The van der Waals surface area contributed by atoms with E-state index in [-0.39, 0.29) is 11.1 Å². The average Bonchev–Trinajstić information content (AvgIpc) is 2.71. The molecule has 1 fully saturated rings. The van der Waals surface area contributed by atoms with Gasteiger partial charge in [-0.3, -0.25) is 10.1 Å². The Kier molecular flexibility index (Phi) is 8.22. The highest BCUT2D eigenvalue weighted by Crippen LogP contribution is 2.36. The third-order valence-corrected chi connectivity index (χ3v) is 6.54. The lowest BCUT2D eigenvalue weighted by Gasteiger charge is -2.29. The molecule has 3 rings (SSSR count). The van der Waals surface area contributed by atoms with Gasteiger partial charge < -0.3 is 10.4 Å². The molecule has 1 amide bonds. The number of rotatable bonds is 7. The number of amides is 1. The molecule has 12 heteroatoms. The standard InChI is InChI=1S/C22H19ClF6N2O2S/c23-17-8-12(4-6-16(17)20(33)30-15-10-34-11-15)5-7-18(32)31-19(22(27,28)29)13-2-1-3-14(9-13)21(24,25)26/h1-9,15,19-20,30,33H,10-11H2,(H,31,32). The third kappa shape index (κ3) is 6.91. The molecule has 0 aliphatic carbocycles. The lowest BCUT2D eigenvalue weighted by atomic mass is 10.0. The molecule has 34 heavy (non-hydrogen) atoms. The van der Waals surface area contributed by atoms with E-state index in [9.17, 15) is 36.2 Å². The maximum atomic E-state index is 13.5. The molecule has 0 bridgehead atoms. The zero-order valence-corrected chi connectivity index (χ0v) is 18.8. The summed E-state index contributed by atoms with van der Waals surface area (Å²) < 4.78 is 79.1. The first-order valence-corrected chi connectivity index (χ1v) is 11.4. The summed E-state index contributed by atoms with van der Waals surface area (Å²) >= 11 is 7.91. The molecule has 1 aliphatic rings. The van der Waals surface area contributed by atoms with Crippen molar-refractivity contribution < 1.29 is 36.2 Å². The number of halogens is 7. The molecule has 2 aromatic carbocycles. The second-order valence-corrected chi connectivity index (χ2v) is 9.01. The van der Waals surface area contributed by atoms with Crippen molar-refractivity contribution in [2.75, 3.05) is 11.5 Å². The van der Waals surface area contributed by atoms with Gasteiger partial charge in [0.2, 0.25) is 5.91 Å². The fourth-order valence-corrected chi connectivity index (χ4v) is 4.08. The van der Waals surface area contributed by atoms with Crippen molar-refractivity contribution in [2.45, 2.75) is 30.7 Å². The zero-order valence-electron chi connectivity index (χ0n) is 17.3. The number of hydrogen-bond donors (Lipinski definition) is 3. The Morgan fingerprint density at radius 2 is 1.82 bits per heavy atom. The smallest absolute Gasteiger partial charge is 0.374 e.